The summed E-state index contributed by atoms with van der Waals surface area (Å²) in [6.45, 7) is 4.39. The highest BCUT2D eigenvalue weighted by molar-refractivity contribution is 6.10. The van der Waals surface area contributed by atoms with E-state index in [1.165, 1.54) is 0 Å². The molecule has 1 aliphatic heterocycles. The van der Waals surface area contributed by atoms with Gasteiger partial charge in [0.05, 0.1) is 24.1 Å². The first-order valence-corrected chi connectivity index (χ1v) is 13.3. The summed E-state index contributed by atoms with van der Waals surface area (Å²) >= 11 is 0. The van der Waals surface area contributed by atoms with Crippen LogP contribution in [-0.4, -0.2) is 13.0 Å². The number of fused-ring (bicyclic) bond motifs is 2. The van der Waals surface area contributed by atoms with Gasteiger partial charge in [-0.2, -0.15) is 0 Å². The van der Waals surface area contributed by atoms with E-state index in [0.717, 1.165) is 28.7 Å². The van der Waals surface area contributed by atoms with E-state index in [1.54, 1.807) is 18.1 Å². The molecule has 2 heterocycles. The van der Waals surface area contributed by atoms with Gasteiger partial charge in [0.2, 0.25) is 5.76 Å². The monoisotopic (exact) mass is 531 g/mol. The van der Waals surface area contributed by atoms with E-state index in [4.69, 9.17) is 13.9 Å². The average Bonchev–Trinajstić information content (AvgIpc) is 3.29. The van der Waals surface area contributed by atoms with Gasteiger partial charge in [-0.1, -0.05) is 67.1 Å². The van der Waals surface area contributed by atoms with Gasteiger partial charge < -0.3 is 13.9 Å². The third-order valence-electron chi connectivity index (χ3n) is 7.39. The lowest BCUT2D eigenvalue weighted by molar-refractivity contribution is 0.0971. The second-order valence-electron chi connectivity index (χ2n) is 9.96. The Bertz CT molecular complexity index is 1770. The molecule has 200 valence electrons. The topological polar surface area (TPSA) is 69.0 Å². The fourth-order valence-corrected chi connectivity index (χ4v) is 5.27. The number of ether oxygens (including phenoxy) is 2. The molecular formula is C34H29NO5. The molecule has 1 amide bonds. The molecule has 0 saturated heterocycles. The summed E-state index contributed by atoms with van der Waals surface area (Å²) < 4.78 is 17.9. The van der Waals surface area contributed by atoms with Gasteiger partial charge in [-0.05, 0) is 66.4 Å². The number of benzene rings is 4. The van der Waals surface area contributed by atoms with Crippen molar-refractivity contribution in [2.75, 3.05) is 12.0 Å². The van der Waals surface area contributed by atoms with Crippen LogP contribution in [0.15, 0.2) is 100 Å². The van der Waals surface area contributed by atoms with E-state index >= 15 is 0 Å². The number of methoxy groups -OCH3 is 1. The second-order valence-corrected chi connectivity index (χ2v) is 9.96. The van der Waals surface area contributed by atoms with Crippen LogP contribution < -0.4 is 19.8 Å². The van der Waals surface area contributed by atoms with Gasteiger partial charge in [0.15, 0.2) is 16.9 Å². The van der Waals surface area contributed by atoms with E-state index in [9.17, 15) is 9.59 Å². The van der Waals surface area contributed by atoms with Crippen LogP contribution in [0, 0.1) is 6.92 Å². The number of aryl methyl sites for hydroxylation is 2. The van der Waals surface area contributed by atoms with E-state index in [-0.39, 0.29) is 17.1 Å². The van der Waals surface area contributed by atoms with Crippen molar-refractivity contribution in [3.63, 3.8) is 0 Å². The van der Waals surface area contributed by atoms with Crippen molar-refractivity contribution >= 4 is 22.6 Å². The number of anilines is 1. The summed E-state index contributed by atoms with van der Waals surface area (Å²) in [6, 6.07) is 28.0. The largest absolute Gasteiger partial charge is 0.493 e. The molecule has 6 rings (SSSR count). The van der Waals surface area contributed by atoms with Crippen molar-refractivity contribution in [1.29, 1.82) is 0 Å². The number of hydrogen-bond donors (Lipinski definition) is 0. The van der Waals surface area contributed by atoms with E-state index in [2.05, 4.69) is 6.92 Å². The summed E-state index contributed by atoms with van der Waals surface area (Å²) in [4.78, 5) is 29.5. The number of nitrogens with zero attached hydrogens (tertiary/aromatic N) is 1. The normalized spacial score (nSPS) is 14.4. The minimum Gasteiger partial charge on any atom is -0.493 e. The fraction of sp³-hybridized carbons (Fsp3) is 0.176. The molecule has 4 aromatic carbocycles. The first-order valence-electron chi connectivity index (χ1n) is 13.3. The second kappa shape index (κ2) is 10.4. The Hall–Kier alpha value is -4.84. The minimum atomic E-state index is -0.701. The van der Waals surface area contributed by atoms with Crippen LogP contribution in [0.4, 0.5) is 5.69 Å². The van der Waals surface area contributed by atoms with Crippen molar-refractivity contribution in [3.05, 3.63) is 135 Å². The minimum absolute atomic E-state index is 0.0642. The van der Waals surface area contributed by atoms with Crippen LogP contribution in [0.2, 0.25) is 0 Å². The molecule has 6 heteroatoms. The van der Waals surface area contributed by atoms with E-state index < -0.39 is 6.04 Å². The smallest absolute Gasteiger partial charge is 0.295 e. The van der Waals surface area contributed by atoms with Crippen molar-refractivity contribution in [2.24, 2.45) is 0 Å². The molecule has 0 saturated carbocycles. The Kier molecular flexibility index (Phi) is 6.60. The predicted molar refractivity (Wildman–Crippen MR) is 155 cm³/mol. The van der Waals surface area contributed by atoms with Crippen molar-refractivity contribution in [1.82, 2.24) is 0 Å². The summed E-state index contributed by atoms with van der Waals surface area (Å²) in [5, 5.41) is 0.453. The van der Waals surface area contributed by atoms with Crippen LogP contribution in [0.3, 0.4) is 0 Å². The first-order chi connectivity index (χ1) is 19.5. The standard InChI is InChI=1S/C34H29NO5/c1-4-22-11-14-25(15-12-22)35-31(30-32(36)26-18-21(2)10-16-27(26)40-33(30)34(35)37)24-13-17-28(29(19-24)38-3)39-20-23-8-6-5-7-9-23/h5-19,31H,4,20H2,1-3H3. The maximum absolute atomic E-state index is 14.0. The van der Waals surface area contributed by atoms with Gasteiger partial charge >= 0.3 is 0 Å². The molecule has 0 aliphatic carbocycles. The molecule has 5 aromatic rings. The highest BCUT2D eigenvalue weighted by Crippen LogP contribution is 2.43. The van der Waals surface area contributed by atoms with Gasteiger partial charge in [0.25, 0.3) is 5.91 Å². The molecule has 1 aliphatic rings. The van der Waals surface area contributed by atoms with Gasteiger partial charge in [0.1, 0.15) is 12.2 Å². The highest BCUT2D eigenvalue weighted by Gasteiger charge is 2.44. The molecule has 1 aromatic heterocycles. The third-order valence-corrected chi connectivity index (χ3v) is 7.39. The number of rotatable bonds is 7. The maximum Gasteiger partial charge on any atom is 0.295 e. The number of carbonyl (C=O) groups excluding carboxylic acids is 1. The first kappa shape index (κ1) is 25.4. The molecule has 1 atom stereocenters. The zero-order chi connectivity index (χ0) is 27.8. The molecule has 40 heavy (non-hydrogen) atoms. The quantitative estimate of drug-likeness (QED) is 0.226. The zero-order valence-electron chi connectivity index (χ0n) is 22.6. The Labute approximate surface area is 232 Å². The van der Waals surface area contributed by atoms with Crippen LogP contribution in [0.5, 0.6) is 11.5 Å². The molecule has 0 radical (unpaired) electrons. The van der Waals surface area contributed by atoms with Crippen molar-refractivity contribution in [3.8, 4) is 11.5 Å². The molecule has 0 bridgehead atoms. The highest BCUT2D eigenvalue weighted by atomic mass is 16.5. The van der Waals surface area contributed by atoms with Gasteiger partial charge in [-0.25, -0.2) is 0 Å². The van der Waals surface area contributed by atoms with Crippen molar-refractivity contribution in [2.45, 2.75) is 32.9 Å². The number of carbonyl (C=O) groups is 1. The van der Waals surface area contributed by atoms with Crippen LogP contribution in [0.25, 0.3) is 11.0 Å². The lowest BCUT2D eigenvalue weighted by Crippen LogP contribution is -2.29. The molecule has 0 N–H and O–H groups in total. The lowest BCUT2D eigenvalue weighted by atomic mass is 9.97. The predicted octanol–water partition coefficient (Wildman–Crippen LogP) is 7.00. The third kappa shape index (κ3) is 4.41. The summed E-state index contributed by atoms with van der Waals surface area (Å²) in [5.41, 5.74) is 5.03. The van der Waals surface area contributed by atoms with Crippen LogP contribution in [0.1, 0.15) is 51.3 Å². The number of amides is 1. The average molecular weight is 532 g/mol. The molecule has 0 fully saturated rings. The van der Waals surface area contributed by atoms with Gasteiger partial charge in [0, 0.05) is 5.69 Å². The van der Waals surface area contributed by atoms with Crippen LogP contribution in [-0.2, 0) is 13.0 Å². The Morgan fingerprint density at radius 1 is 0.850 bits per heavy atom. The zero-order valence-corrected chi connectivity index (χ0v) is 22.6. The van der Waals surface area contributed by atoms with Crippen molar-refractivity contribution < 1.29 is 18.7 Å². The molecule has 1 unspecified atom stereocenters. The van der Waals surface area contributed by atoms with E-state index in [1.807, 2.05) is 91.9 Å². The Morgan fingerprint density at radius 3 is 2.35 bits per heavy atom. The fourth-order valence-electron chi connectivity index (χ4n) is 5.27. The Morgan fingerprint density at radius 2 is 1.62 bits per heavy atom. The molecule has 6 nitrogen and oxygen atoms in total. The summed E-state index contributed by atoms with van der Waals surface area (Å²) in [5.74, 6) is 0.790. The van der Waals surface area contributed by atoms with E-state index in [0.29, 0.717) is 40.3 Å². The van der Waals surface area contributed by atoms with Gasteiger partial charge in [-0.3, -0.25) is 14.5 Å². The SMILES string of the molecule is CCc1ccc(N2C(=O)c3oc4ccc(C)cc4c(=O)c3C2c2ccc(OCc3ccccc3)c(OC)c2)cc1. The van der Waals surface area contributed by atoms with Crippen LogP contribution >= 0.6 is 0 Å². The molecule has 0 spiro atoms. The summed E-state index contributed by atoms with van der Waals surface area (Å²) in [6.07, 6.45) is 0.879. The molecular weight excluding hydrogens is 502 g/mol. The maximum atomic E-state index is 14.0. The van der Waals surface area contributed by atoms with Gasteiger partial charge in [-0.15, -0.1) is 0 Å². The lowest BCUT2D eigenvalue weighted by Gasteiger charge is -2.26. The number of hydrogen-bond acceptors (Lipinski definition) is 5. The Balaban J connectivity index is 1.49. The summed E-state index contributed by atoms with van der Waals surface area (Å²) in [7, 11) is 1.58.